The molecule has 0 saturated carbocycles. The zero-order chi connectivity index (χ0) is 17.9. The number of pyridine rings is 1. The lowest BCUT2D eigenvalue weighted by atomic mass is 10.0. The van der Waals surface area contributed by atoms with Crippen molar-refractivity contribution >= 4 is 38.5 Å². The molecule has 0 atom stereocenters. The summed E-state index contributed by atoms with van der Waals surface area (Å²) in [5.74, 6) is 0. The Balaban J connectivity index is 1.77. The number of nitrogens with one attached hydrogen (secondary N) is 2. The molecule has 0 aliphatic carbocycles. The number of aromatic nitrogens is 3. The zero-order valence-corrected chi connectivity index (χ0v) is 15.5. The normalized spacial score (nSPS) is 15.0. The lowest BCUT2D eigenvalue weighted by Gasteiger charge is -2.30. The van der Waals surface area contributed by atoms with E-state index in [1.807, 2.05) is 27.7 Å². The van der Waals surface area contributed by atoms with E-state index < -0.39 is 5.60 Å². The number of ether oxygens (including phenoxy) is 1. The van der Waals surface area contributed by atoms with Crippen LogP contribution in [0.5, 0.6) is 0 Å². The van der Waals surface area contributed by atoms with Crippen molar-refractivity contribution in [3.63, 3.8) is 0 Å². The number of hydrogen-bond donors (Lipinski definition) is 2. The van der Waals surface area contributed by atoms with E-state index in [0.717, 1.165) is 27.0 Å². The second-order valence-electron chi connectivity index (χ2n) is 7.36. The second-order valence-corrected chi connectivity index (χ2v) is 8.45. The van der Waals surface area contributed by atoms with Crippen LogP contribution < -0.4 is 5.56 Å². The van der Waals surface area contributed by atoms with E-state index >= 15 is 0 Å². The summed E-state index contributed by atoms with van der Waals surface area (Å²) >= 11 is 1.58. The van der Waals surface area contributed by atoms with E-state index in [0.29, 0.717) is 24.2 Å². The summed E-state index contributed by atoms with van der Waals surface area (Å²) in [6, 6.07) is 0. The largest absolute Gasteiger partial charge is 0.444 e. The quantitative estimate of drug-likeness (QED) is 0.644. The molecule has 0 bridgehead atoms. The van der Waals surface area contributed by atoms with Crippen LogP contribution in [0, 0.1) is 6.92 Å². The molecule has 2 N–H and O–H groups in total. The molecule has 8 heteroatoms. The Morgan fingerprint density at radius 1 is 1.28 bits per heavy atom. The first-order chi connectivity index (χ1) is 11.7. The lowest BCUT2D eigenvalue weighted by Crippen LogP contribution is -2.39. The van der Waals surface area contributed by atoms with Crippen LogP contribution in [0.3, 0.4) is 0 Å². The molecule has 7 nitrogen and oxygen atoms in total. The Labute approximate surface area is 148 Å². The second kappa shape index (κ2) is 5.32. The molecule has 1 amide bonds. The van der Waals surface area contributed by atoms with Crippen LogP contribution in [0.1, 0.15) is 36.9 Å². The third-order valence-corrected chi connectivity index (χ3v) is 5.46. The predicted octanol–water partition coefficient (Wildman–Crippen LogP) is 3.07. The van der Waals surface area contributed by atoms with Crippen LogP contribution in [0.25, 0.3) is 21.1 Å². The number of aromatic amines is 2. The smallest absolute Gasteiger partial charge is 0.410 e. The van der Waals surface area contributed by atoms with Gasteiger partial charge in [-0.1, -0.05) is 0 Å². The van der Waals surface area contributed by atoms with Gasteiger partial charge >= 0.3 is 6.09 Å². The molecule has 1 aliphatic heterocycles. The van der Waals surface area contributed by atoms with Crippen LogP contribution in [0.15, 0.2) is 4.79 Å². The van der Waals surface area contributed by atoms with Crippen molar-refractivity contribution in [2.75, 3.05) is 6.54 Å². The molecule has 3 aromatic rings. The highest BCUT2D eigenvalue weighted by molar-refractivity contribution is 7.19. The third kappa shape index (κ3) is 2.60. The van der Waals surface area contributed by atoms with E-state index in [1.54, 1.807) is 16.2 Å². The molecular formula is C17H20N4O3S. The lowest BCUT2D eigenvalue weighted by molar-refractivity contribution is 0.0227. The summed E-state index contributed by atoms with van der Waals surface area (Å²) in [6.07, 6.45) is 0.432. The summed E-state index contributed by atoms with van der Waals surface area (Å²) < 4.78 is 5.48. The zero-order valence-electron chi connectivity index (χ0n) is 14.6. The molecule has 3 aromatic heterocycles. The fourth-order valence-electron chi connectivity index (χ4n) is 3.31. The van der Waals surface area contributed by atoms with E-state index in [1.165, 1.54) is 5.56 Å². The summed E-state index contributed by atoms with van der Waals surface area (Å²) in [5, 5.41) is 7.27. The number of hydrogen-bond acceptors (Lipinski definition) is 5. The van der Waals surface area contributed by atoms with Crippen molar-refractivity contribution < 1.29 is 9.53 Å². The van der Waals surface area contributed by atoms with Gasteiger partial charge in [-0.3, -0.25) is 15.0 Å². The maximum absolute atomic E-state index is 12.3. The van der Waals surface area contributed by atoms with Gasteiger partial charge in [0.05, 0.1) is 23.1 Å². The fourth-order valence-corrected chi connectivity index (χ4v) is 4.60. The Hall–Kier alpha value is -2.35. The first-order valence-corrected chi connectivity index (χ1v) is 9.05. The number of rotatable bonds is 0. The van der Waals surface area contributed by atoms with Crippen molar-refractivity contribution in [2.24, 2.45) is 0 Å². The molecular weight excluding hydrogens is 340 g/mol. The number of amides is 1. The van der Waals surface area contributed by atoms with E-state index in [2.05, 4.69) is 15.2 Å². The van der Waals surface area contributed by atoms with Gasteiger partial charge in [0.1, 0.15) is 10.4 Å². The average Bonchev–Trinajstić information content (AvgIpc) is 3.05. The monoisotopic (exact) mass is 360 g/mol. The minimum Gasteiger partial charge on any atom is -0.444 e. The SMILES string of the molecule is Cc1nc2sc3c(c2c2[nH][nH]c(=O)c12)CCN(C(=O)OC(C)(C)C)C3. The first kappa shape index (κ1) is 16.1. The molecule has 132 valence electrons. The van der Waals surface area contributed by atoms with E-state index in [-0.39, 0.29) is 11.7 Å². The molecule has 0 fully saturated rings. The van der Waals surface area contributed by atoms with Gasteiger partial charge in [0.15, 0.2) is 0 Å². The Kier molecular flexibility index (Phi) is 3.44. The summed E-state index contributed by atoms with van der Waals surface area (Å²) in [4.78, 5) is 32.7. The van der Waals surface area contributed by atoms with Gasteiger partial charge in [0.25, 0.3) is 5.56 Å². The molecule has 1 aliphatic rings. The Bertz CT molecular complexity index is 1050. The van der Waals surface area contributed by atoms with Crippen molar-refractivity contribution in [2.45, 2.75) is 46.3 Å². The first-order valence-electron chi connectivity index (χ1n) is 8.24. The van der Waals surface area contributed by atoms with Gasteiger partial charge in [-0.2, -0.15) is 0 Å². The number of fused-ring (bicyclic) bond motifs is 5. The van der Waals surface area contributed by atoms with Gasteiger partial charge in [-0.15, -0.1) is 11.3 Å². The Morgan fingerprint density at radius 2 is 2.04 bits per heavy atom. The van der Waals surface area contributed by atoms with Crippen molar-refractivity contribution in [1.82, 2.24) is 20.1 Å². The maximum Gasteiger partial charge on any atom is 0.410 e. The van der Waals surface area contributed by atoms with Crippen molar-refractivity contribution in [3.05, 3.63) is 26.5 Å². The highest BCUT2D eigenvalue weighted by atomic mass is 32.1. The van der Waals surface area contributed by atoms with Crippen LogP contribution >= 0.6 is 11.3 Å². The number of carbonyl (C=O) groups is 1. The molecule has 0 spiro atoms. The van der Waals surface area contributed by atoms with Crippen LogP contribution in [0.2, 0.25) is 0 Å². The molecule has 4 heterocycles. The van der Waals surface area contributed by atoms with Crippen molar-refractivity contribution in [1.29, 1.82) is 0 Å². The number of thiophene rings is 1. The summed E-state index contributed by atoms with van der Waals surface area (Å²) in [5.41, 5.74) is 2.05. The van der Waals surface area contributed by atoms with Crippen LogP contribution in [-0.2, 0) is 17.7 Å². The molecule has 0 aromatic carbocycles. The molecule has 0 unspecified atom stereocenters. The average molecular weight is 360 g/mol. The highest BCUT2D eigenvalue weighted by Gasteiger charge is 2.29. The van der Waals surface area contributed by atoms with Gasteiger partial charge in [-0.25, -0.2) is 9.78 Å². The topological polar surface area (TPSA) is 91.1 Å². The standard InChI is InChI=1S/C17H20N4O3S/c1-8-11-13(19-20-14(11)22)12-9-5-6-21(16(23)24-17(2,3)4)7-10(9)25-15(12)18-8/h5-7H2,1-4H3,(H2,19,20,22). The van der Waals surface area contributed by atoms with E-state index in [4.69, 9.17) is 4.74 Å². The number of nitrogens with zero attached hydrogens (tertiary/aromatic N) is 2. The number of carbonyl (C=O) groups excluding carboxylic acids is 1. The minimum absolute atomic E-state index is 0.145. The Morgan fingerprint density at radius 3 is 2.76 bits per heavy atom. The number of aryl methyl sites for hydroxylation is 1. The third-order valence-electron chi connectivity index (χ3n) is 4.35. The summed E-state index contributed by atoms with van der Waals surface area (Å²) in [6.45, 7) is 8.55. The highest BCUT2D eigenvalue weighted by Crippen LogP contribution is 2.37. The van der Waals surface area contributed by atoms with E-state index in [9.17, 15) is 9.59 Å². The molecule has 0 saturated heterocycles. The van der Waals surface area contributed by atoms with Crippen LogP contribution in [0.4, 0.5) is 4.79 Å². The summed E-state index contributed by atoms with van der Waals surface area (Å²) in [7, 11) is 0. The van der Waals surface area contributed by atoms with Crippen LogP contribution in [-0.4, -0.2) is 38.3 Å². The van der Waals surface area contributed by atoms with Crippen molar-refractivity contribution in [3.8, 4) is 0 Å². The maximum atomic E-state index is 12.3. The molecule has 0 radical (unpaired) electrons. The van der Waals surface area contributed by atoms with Gasteiger partial charge in [-0.05, 0) is 39.7 Å². The predicted molar refractivity (Wildman–Crippen MR) is 97.2 cm³/mol. The molecule has 4 rings (SSSR count). The fraction of sp³-hybridized carbons (Fsp3) is 0.471. The minimum atomic E-state index is -0.507. The van der Waals surface area contributed by atoms with Gasteiger partial charge < -0.3 is 9.64 Å². The van der Waals surface area contributed by atoms with Gasteiger partial charge in [0.2, 0.25) is 0 Å². The van der Waals surface area contributed by atoms with Gasteiger partial charge in [0, 0.05) is 16.8 Å². The number of H-pyrrole nitrogens is 2. The molecule has 25 heavy (non-hydrogen) atoms.